The molecule has 0 radical (unpaired) electrons. The molecule has 0 saturated heterocycles. The van der Waals surface area contributed by atoms with Gasteiger partial charge in [0.25, 0.3) is 0 Å². The zero-order valence-electron chi connectivity index (χ0n) is 7.73. The fourth-order valence-corrected chi connectivity index (χ4v) is 0.959. The molecular weight excluding hydrogens is 124 g/mol. The van der Waals surface area contributed by atoms with E-state index in [1.807, 2.05) is 14.1 Å². The summed E-state index contributed by atoms with van der Waals surface area (Å²) in [6.07, 6.45) is 0. The quantitative estimate of drug-likeness (QED) is 0.611. The molecule has 0 aromatic rings. The normalized spacial score (nSPS) is 20.1. The molecule has 0 aromatic carbocycles. The third-order valence-corrected chi connectivity index (χ3v) is 2.49. The van der Waals surface area contributed by atoms with Crippen LogP contribution in [0.1, 0.15) is 20.8 Å². The lowest BCUT2D eigenvalue weighted by atomic mass is 9.96. The fourth-order valence-electron chi connectivity index (χ4n) is 0.959. The molecule has 0 heterocycles. The first-order chi connectivity index (χ1) is 4.63. The van der Waals surface area contributed by atoms with Gasteiger partial charge in [0.05, 0.1) is 0 Å². The Kier molecular flexibility index (Phi) is 4.65. The Morgan fingerprint density at radius 3 is 1.30 bits per heavy atom. The van der Waals surface area contributed by atoms with Gasteiger partial charge in [-0.1, -0.05) is 6.92 Å². The maximum atomic E-state index is 3.24. The van der Waals surface area contributed by atoms with E-state index >= 15 is 0 Å². The van der Waals surface area contributed by atoms with E-state index in [1.165, 1.54) is 0 Å². The van der Waals surface area contributed by atoms with Gasteiger partial charge in [0.1, 0.15) is 0 Å². The molecule has 10 heavy (non-hydrogen) atoms. The molecular formula is C8H20N2. The van der Waals surface area contributed by atoms with Crippen LogP contribution in [0, 0.1) is 5.92 Å². The highest BCUT2D eigenvalue weighted by Crippen LogP contribution is 2.06. The molecule has 2 atom stereocenters. The van der Waals surface area contributed by atoms with E-state index < -0.39 is 0 Å². The molecule has 0 aliphatic carbocycles. The third kappa shape index (κ3) is 2.67. The van der Waals surface area contributed by atoms with Crippen LogP contribution in [0.15, 0.2) is 0 Å². The van der Waals surface area contributed by atoms with Crippen LogP contribution in [0.25, 0.3) is 0 Å². The zero-order chi connectivity index (χ0) is 8.15. The van der Waals surface area contributed by atoms with Crippen molar-refractivity contribution < 1.29 is 0 Å². The van der Waals surface area contributed by atoms with Crippen LogP contribution in [-0.2, 0) is 0 Å². The molecule has 0 fully saturated rings. The van der Waals surface area contributed by atoms with Gasteiger partial charge in [0, 0.05) is 12.1 Å². The largest absolute Gasteiger partial charge is 0.317 e. The molecule has 0 amide bonds. The highest BCUT2D eigenvalue weighted by atomic mass is 14.9. The molecule has 2 heteroatoms. The van der Waals surface area contributed by atoms with E-state index in [2.05, 4.69) is 31.4 Å². The second-order valence-electron chi connectivity index (χ2n) is 3.01. The average Bonchev–Trinajstić information content (AvgIpc) is 2.00. The summed E-state index contributed by atoms with van der Waals surface area (Å²) in [5.74, 6) is 0.676. The van der Waals surface area contributed by atoms with Crippen molar-refractivity contribution in [1.29, 1.82) is 0 Å². The Balaban J connectivity index is 3.69. The predicted octanol–water partition coefficient (Wildman–Crippen LogP) is 0.838. The Morgan fingerprint density at radius 2 is 1.10 bits per heavy atom. The number of rotatable bonds is 4. The summed E-state index contributed by atoms with van der Waals surface area (Å²) >= 11 is 0. The molecule has 2 N–H and O–H groups in total. The van der Waals surface area contributed by atoms with Crippen molar-refractivity contribution >= 4 is 0 Å². The average molecular weight is 144 g/mol. The number of nitrogens with one attached hydrogen (secondary N) is 2. The van der Waals surface area contributed by atoms with Crippen LogP contribution in [0.5, 0.6) is 0 Å². The van der Waals surface area contributed by atoms with Gasteiger partial charge in [0.2, 0.25) is 0 Å². The van der Waals surface area contributed by atoms with Crippen molar-refractivity contribution in [1.82, 2.24) is 10.6 Å². The first-order valence-electron chi connectivity index (χ1n) is 3.98. The van der Waals surface area contributed by atoms with Crippen LogP contribution in [-0.4, -0.2) is 26.2 Å². The van der Waals surface area contributed by atoms with Crippen LogP contribution in [0.2, 0.25) is 0 Å². The monoisotopic (exact) mass is 144 g/mol. The van der Waals surface area contributed by atoms with E-state index in [1.54, 1.807) is 0 Å². The van der Waals surface area contributed by atoms with Crippen LogP contribution < -0.4 is 10.6 Å². The van der Waals surface area contributed by atoms with E-state index in [0.29, 0.717) is 18.0 Å². The van der Waals surface area contributed by atoms with Gasteiger partial charge in [-0.2, -0.15) is 0 Å². The highest BCUT2D eigenvalue weighted by molar-refractivity contribution is 4.74. The van der Waals surface area contributed by atoms with Crippen LogP contribution >= 0.6 is 0 Å². The minimum Gasteiger partial charge on any atom is -0.317 e. The summed E-state index contributed by atoms with van der Waals surface area (Å²) in [6.45, 7) is 6.67. The van der Waals surface area contributed by atoms with Crippen LogP contribution in [0.3, 0.4) is 0 Å². The van der Waals surface area contributed by atoms with Crippen molar-refractivity contribution in [3.8, 4) is 0 Å². The van der Waals surface area contributed by atoms with Gasteiger partial charge in [-0.25, -0.2) is 0 Å². The zero-order valence-corrected chi connectivity index (χ0v) is 7.73. The second kappa shape index (κ2) is 4.69. The van der Waals surface area contributed by atoms with Crippen molar-refractivity contribution in [2.75, 3.05) is 14.1 Å². The first-order valence-corrected chi connectivity index (χ1v) is 3.98. The van der Waals surface area contributed by atoms with E-state index in [4.69, 9.17) is 0 Å². The third-order valence-electron chi connectivity index (χ3n) is 2.49. The molecule has 0 bridgehead atoms. The summed E-state index contributed by atoms with van der Waals surface area (Å²) < 4.78 is 0. The molecule has 0 spiro atoms. The molecule has 0 aliphatic heterocycles. The lowest BCUT2D eigenvalue weighted by molar-refractivity contribution is 0.340. The van der Waals surface area contributed by atoms with Gasteiger partial charge in [-0.05, 0) is 33.9 Å². The fraction of sp³-hybridized carbons (Fsp3) is 1.00. The Bertz CT molecular complexity index is 73.3. The Labute approximate surface area is 64.4 Å². The highest BCUT2D eigenvalue weighted by Gasteiger charge is 2.15. The smallest absolute Gasteiger partial charge is 0.00760 e. The summed E-state index contributed by atoms with van der Waals surface area (Å²) in [7, 11) is 4.01. The van der Waals surface area contributed by atoms with Crippen molar-refractivity contribution in [2.45, 2.75) is 32.9 Å². The maximum Gasteiger partial charge on any atom is 0.00760 e. The summed E-state index contributed by atoms with van der Waals surface area (Å²) in [4.78, 5) is 0. The van der Waals surface area contributed by atoms with E-state index in [9.17, 15) is 0 Å². The molecule has 0 aliphatic rings. The van der Waals surface area contributed by atoms with Gasteiger partial charge >= 0.3 is 0 Å². The van der Waals surface area contributed by atoms with Gasteiger partial charge < -0.3 is 10.6 Å². The standard InChI is InChI=1S/C8H20N2/c1-6(7(2)9-4)8(3)10-5/h6-10H,1-5H3. The second-order valence-corrected chi connectivity index (χ2v) is 3.01. The summed E-state index contributed by atoms with van der Waals surface area (Å²) in [5.41, 5.74) is 0. The molecule has 0 aromatic heterocycles. The van der Waals surface area contributed by atoms with E-state index in [0.717, 1.165) is 0 Å². The molecule has 0 saturated carbocycles. The van der Waals surface area contributed by atoms with Gasteiger partial charge in [-0.15, -0.1) is 0 Å². The first kappa shape index (κ1) is 9.92. The van der Waals surface area contributed by atoms with Crippen molar-refractivity contribution in [3.63, 3.8) is 0 Å². The number of hydrogen-bond donors (Lipinski definition) is 2. The predicted molar refractivity (Wildman–Crippen MR) is 46.2 cm³/mol. The molecule has 62 valence electrons. The van der Waals surface area contributed by atoms with Gasteiger partial charge in [-0.3, -0.25) is 0 Å². The minimum atomic E-state index is 0.586. The molecule has 2 unspecified atom stereocenters. The molecule has 0 rings (SSSR count). The lowest BCUT2D eigenvalue weighted by Crippen LogP contribution is -2.40. The summed E-state index contributed by atoms with van der Waals surface area (Å²) in [5, 5.41) is 6.48. The van der Waals surface area contributed by atoms with Gasteiger partial charge in [0.15, 0.2) is 0 Å². The van der Waals surface area contributed by atoms with Crippen molar-refractivity contribution in [3.05, 3.63) is 0 Å². The van der Waals surface area contributed by atoms with Crippen LogP contribution in [0.4, 0.5) is 0 Å². The minimum absolute atomic E-state index is 0.586. The van der Waals surface area contributed by atoms with E-state index in [-0.39, 0.29) is 0 Å². The Morgan fingerprint density at radius 1 is 0.800 bits per heavy atom. The van der Waals surface area contributed by atoms with Crippen molar-refractivity contribution in [2.24, 2.45) is 5.92 Å². The SMILES string of the molecule is CNC(C)C(C)C(C)NC. The number of hydrogen-bond acceptors (Lipinski definition) is 2. The topological polar surface area (TPSA) is 24.1 Å². The lowest BCUT2D eigenvalue weighted by Gasteiger charge is -2.25. The maximum absolute atomic E-state index is 3.24. The Hall–Kier alpha value is -0.0800. The summed E-state index contributed by atoms with van der Waals surface area (Å²) in [6, 6.07) is 1.17. The molecule has 2 nitrogen and oxygen atoms in total.